The number of fused-ring (bicyclic) bond motifs is 2. The van der Waals surface area contributed by atoms with Crippen LogP contribution in [0.25, 0.3) is 0 Å². The monoisotopic (exact) mass is 224 g/mol. The molecule has 0 aliphatic heterocycles. The maximum Gasteiger partial charge on any atom is 0.0175 e. The predicted molar refractivity (Wildman–Crippen MR) is 69.3 cm³/mol. The van der Waals surface area contributed by atoms with E-state index < -0.39 is 0 Å². The molecule has 2 aliphatic rings. The second kappa shape index (κ2) is 4.30. The minimum atomic E-state index is 0.496. The predicted octanol–water partition coefficient (Wildman–Crippen LogP) is 2.53. The average Bonchev–Trinajstić information content (AvgIpc) is 2.68. The third-order valence-corrected chi connectivity index (χ3v) is 5.25. The Bertz CT molecular complexity index is 244. The van der Waals surface area contributed by atoms with Crippen LogP contribution < -0.4 is 11.1 Å². The molecule has 2 heteroatoms. The summed E-state index contributed by atoms with van der Waals surface area (Å²) in [6.07, 6.45) is 6.69. The van der Waals surface area contributed by atoms with Gasteiger partial charge in [0.1, 0.15) is 0 Å². The molecular formula is C14H28N2. The van der Waals surface area contributed by atoms with Crippen LogP contribution in [0, 0.1) is 16.7 Å². The van der Waals surface area contributed by atoms with Gasteiger partial charge in [-0.1, -0.05) is 20.8 Å². The van der Waals surface area contributed by atoms with Crippen LogP contribution in [0.2, 0.25) is 0 Å². The van der Waals surface area contributed by atoms with Crippen LogP contribution in [0.15, 0.2) is 0 Å². The second-order valence-corrected chi connectivity index (χ2v) is 6.80. The van der Waals surface area contributed by atoms with Crippen molar-refractivity contribution in [3.63, 3.8) is 0 Å². The first-order chi connectivity index (χ1) is 7.50. The van der Waals surface area contributed by atoms with Crippen LogP contribution in [0.4, 0.5) is 0 Å². The van der Waals surface area contributed by atoms with E-state index in [0.29, 0.717) is 10.8 Å². The van der Waals surface area contributed by atoms with Crippen molar-refractivity contribution in [1.29, 1.82) is 0 Å². The van der Waals surface area contributed by atoms with Crippen LogP contribution in [-0.2, 0) is 0 Å². The summed E-state index contributed by atoms with van der Waals surface area (Å²) in [5.41, 5.74) is 6.60. The number of hydrogen-bond donors (Lipinski definition) is 2. The highest BCUT2D eigenvalue weighted by Crippen LogP contribution is 2.62. The lowest BCUT2D eigenvalue weighted by Gasteiger charge is -2.43. The maximum atomic E-state index is 5.53. The topological polar surface area (TPSA) is 38.0 Å². The molecule has 0 radical (unpaired) electrons. The molecule has 3 N–H and O–H groups in total. The van der Waals surface area contributed by atoms with Gasteiger partial charge in [-0.3, -0.25) is 0 Å². The lowest BCUT2D eigenvalue weighted by atomic mass is 9.68. The van der Waals surface area contributed by atoms with Crippen LogP contribution >= 0.6 is 0 Å². The average molecular weight is 224 g/mol. The highest BCUT2D eigenvalue weighted by molar-refractivity contribution is 5.11. The summed E-state index contributed by atoms with van der Waals surface area (Å²) < 4.78 is 0. The lowest BCUT2D eigenvalue weighted by Crippen LogP contribution is -2.50. The van der Waals surface area contributed by atoms with Gasteiger partial charge in [0.05, 0.1) is 0 Å². The van der Waals surface area contributed by atoms with Crippen LogP contribution in [-0.4, -0.2) is 19.1 Å². The van der Waals surface area contributed by atoms with Gasteiger partial charge < -0.3 is 11.1 Å². The van der Waals surface area contributed by atoms with Crippen molar-refractivity contribution in [1.82, 2.24) is 5.32 Å². The summed E-state index contributed by atoms with van der Waals surface area (Å²) >= 11 is 0. The minimum absolute atomic E-state index is 0.496. The third kappa shape index (κ3) is 1.91. The molecule has 2 bridgehead atoms. The summed E-state index contributed by atoms with van der Waals surface area (Å²) in [7, 11) is 0. The Balaban J connectivity index is 1.92. The molecule has 2 aliphatic carbocycles. The molecule has 0 heterocycles. The van der Waals surface area contributed by atoms with E-state index in [4.69, 9.17) is 5.73 Å². The molecule has 94 valence electrons. The molecule has 2 saturated carbocycles. The summed E-state index contributed by atoms with van der Waals surface area (Å²) in [5.74, 6) is 0.949. The molecule has 0 aromatic heterocycles. The molecule has 0 amide bonds. The largest absolute Gasteiger partial charge is 0.330 e. The number of rotatable bonds is 5. The molecule has 0 spiro atoms. The first-order valence-electron chi connectivity index (χ1n) is 6.94. The lowest BCUT2D eigenvalue weighted by molar-refractivity contribution is 0.109. The SMILES string of the molecule is CC12CCC(C1)C(C)(C)C2NCCCCN. The number of nitrogens with one attached hydrogen (secondary N) is 1. The fraction of sp³-hybridized carbons (Fsp3) is 1.00. The smallest absolute Gasteiger partial charge is 0.0175 e. The van der Waals surface area contributed by atoms with Gasteiger partial charge >= 0.3 is 0 Å². The Morgan fingerprint density at radius 2 is 2.00 bits per heavy atom. The molecule has 2 rings (SSSR count). The van der Waals surface area contributed by atoms with Gasteiger partial charge in [-0.05, 0) is 61.9 Å². The van der Waals surface area contributed by atoms with Gasteiger partial charge in [-0.15, -0.1) is 0 Å². The van der Waals surface area contributed by atoms with Crippen LogP contribution in [0.5, 0.6) is 0 Å². The van der Waals surface area contributed by atoms with Crippen molar-refractivity contribution in [3.8, 4) is 0 Å². The van der Waals surface area contributed by atoms with E-state index >= 15 is 0 Å². The van der Waals surface area contributed by atoms with E-state index in [1.807, 2.05) is 0 Å². The van der Waals surface area contributed by atoms with Crippen molar-refractivity contribution in [2.45, 2.75) is 58.9 Å². The number of nitrogens with two attached hydrogens (primary N) is 1. The van der Waals surface area contributed by atoms with Gasteiger partial charge in [0.15, 0.2) is 0 Å². The summed E-state index contributed by atoms with van der Waals surface area (Å²) in [4.78, 5) is 0. The minimum Gasteiger partial charge on any atom is -0.330 e. The quantitative estimate of drug-likeness (QED) is 0.704. The highest BCUT2D eigenvalue weighted by Gasteiger charge is 2.58. The molecule has 3 atom stereocenters. The van der Waals surface area contributed by atoms with E-state index in [9.17, 15) is 0 Å². The zero-order chi connectivity index (χ0) is 11.8. The molecule has 16 heavy (non-hydrogen) atoms. The van der Waals surface area contributed by atoms with Crippen LogP contribution in [0.1, 0.15) is 52.9 Å². The van der Waals surface area contributed by atoms with Gasteiger partial charge in [-0.2, -0.15) is 0 Å². The van der Waals surface area contributed by atoms with Crippen molar-refractivity contribution >= 4 is 0 Å². The Labute approximate surface area is 100 Å². The third-order valence-electron chi connectivity index (χ3n) is 5.25. The summed E-state index contributed by atoms with van der Waals surface area (Å²) in [6, 6.07) is 0.719. The van der Waals surface area contributed by atoms with Crippen LogP contribution in [0.3, 0.4) is 0 Å². The first-order valence-corrected chi connectivity index (χ1v) is 6.94. The Morgan fingerprint density at radius 1 is 1.25 bits per heavy atom. The molecule has 0 aromatic rings. The molecule has 0 aromatic carbocycles. The Morgan fingerprint density at radius 3 is 2.56 bits per heavy atom. The highest BCUT2D eigenvalue weighted by atomic mass is 15.0. The van der Waals surface area contributed by atoms with Crippen molar-refractivity contribution in [2.75, 3.05) is 13.1 Å². The Hall–Kier alpha value is -0.0800. The molecule has 3 unspecified atom stereocenters. The van der Waals surface area contributed by atoms with E-state index in [0.717, 1.165) is 31.5 Å². The van der Waals surface area contributed by atoms with Crippen molar-refractivity contribution in [3.05, 3.63) is 0 Å². The Kier molecular flexibility index (Phi) is 3.33. The van der Waals surface area contributed by atoms with E-state index in [1.54, 1.807) is 0 Å². The molecule has 2 nitrogen and oxygen atoms in total. The maximum absolute atomic E-state index is 5.53. The molecule has 0 saturated heterocycles. The first kappa shape index (κ1) is 12.4. The number of unbranched alkanes of at least 4 members (excludes halogenated alkanes) is 1. The second-order valence-electron chi connectivity index (χ2n) is 6.80. The van der Waals surface area contributed by atoms with Crippen molar-refractivity contribution < 1.29 is 0 Å². The van der Waals surface area contributed by atoms with Gasteiger partial charge in [0.2, 0.25) is 0 Å². The van der Waals surface area contributed by atoms with Crippen molar-refractivity contribution in [2.24, 2.45) is 22.5 Å². The van der Waals surface area contributed by atoms with Gasteiger partial charge in [0.25, 0.3) is 0 Å². The standard InChI is InChI=1S/C14H28N2/c1-13(2)11-6-7-14(3,10-11)12(13)16-9-5-4-8-15/h11-12,16H,4-10,15H2,1-3H3. The zero-order valence-electron chi connectivity index (χ0n) is 11.2. The van der Waals surface area contributed by atoms with Gasteiger partial charge in [0, 0.05) is 6.04 Å². The number of hydrogen-bond acceptors (Lipinski definition) is 2. The normalized spacial score (nSPS) is 40.5. The molecular weight excluding hydrogens is 196 g/mol. The molecule has 2 fully saturated rings. The summed E-state index contributed by atoms with van der Waals surface area (Å²) in [6.45, 7) is 9.39. The van der Waals surface area contributed by atoms with E-state index in [2.05, 4.69) is 26.1 Å². The summed E-state index contributed by atoms with van der Waals surface area (Å²) in [5, 5.41) is 3.82. The zero-order valence-corrected chi connectivity index (χ0v) is 11.2. The fourth-order valence-electron chi connectivity index (χ4n) is 4.33. The van der Waals surface area contributed by atoms with Gasteiger partial charge in [-0.25, -0.2) is 0 Å². The van der Waals surface area contributed by atoms with E-state index in [1.165, 1.54) is 25.7 Å². The fourth-order valence-corrected chi connectivity index (χ4v) is 4.33. The van der Waals surface area contributed by atoms with E-state index in [-0.39, 0.29) is 0 Å².